The van der Waals surface area contributed by atoms with E-state index in [2.05, 4.69) is 0 Å². The molecule has 2 amide bonds. The lowest BCUT2D eigenvalue weighted by atomic mass is 10.2. The van der Waals surface area contributed by atoms with Gasteiger partial charge in [-0.3, -0.25) is 14.5 Å². The van der Waals surface area contributed by atoms with E-state index in [9.17, 15) is 9.59 Å². The zero-order chi connectivity index (χ0) is 8.72. The first kappa shape index (κ1) is 7.09. The summed E-state index contributed by atoms with van der Waals surface area (Å²) in [6.45, 7) is 2.17. The number of hydrogen-bond acceptors (Lipinski definition) is 3. The van der Waals surface area contributed by atoms with E-state index in [-0.39, 0.29) is 11.8 Å². The number of furan rings is 1. The molecule has 4 nitrogen and oxygen atoms in total. The fourth-order valence-corrected chi connectivity index (χ4v) is 1.30. The molecule has 2 heterocycles. The maximum Gasteiger partial charge on any atom is 0.264 e. The molecule has 0 atom stereocenters. The minimum Gasteiger partial charge on any atom is -0.471 e. The van der Waals surface area contributed by atoms with Crippen LogP contribution in [0.4, 0.5) is 0 Å². The van der Waals surface area contributed by atoms with Gasteiger partial charge in [-0.25, -0.2) is 0 Å². The summed E-state index contributed by atoms with van der Waals surface area (Å²) in [6, 6.07) is 0. The second kappa shape index (κ2) is 2.20. The highest BCUT2D eigenvalue weighted by Gasteiger charge is 2.35. The Morgan fingerprint density at radius 3 is 2.17 bits per heavy atom. The molecule has 0 aromatic carbocycles. The van der Waals surface area contributed by atoms with Crippen molar-refractivity contribution < 1.29 is 14.0 Å². The minimum absolute atomic E-state index is 0.258. The van der Waals surface area contributed by atoms with Gasteiger partial charge in [0.05, 0.1) is 11.1 Å². The van der Waals surface area contributed by atoms with Gasteiger partial charge in [-0.15, -0.1) is 0 Å². The van der Waals surface area contributed by atoms with Gasteiger partial charge in [-0.05, 0) is 6.92 Å². The SMILES string of the molecule is CCN1C(=O)c2cocc2C1=O. The third kappa shape index (κ3) is 0.664. The van der Waals surface area contributed by atoms with Crippen LogP contribution in [0.1, 0.15) is 27.6 Å². The zero-order valence-electron chi connectivity index (χ0n) is 6.53. The largest absolute Gasteiger partial charge is 0.471 e. The second-order valence-corrected chi connectivity index (χ2v) is 2.55. The number of rotatable bonds is 1. The Bertz CT molecular complexity index is 322. The van der Waals surface area contributed by atoms with Gasteiger partial charge in [-0.2, -0.15) is 0 Å². The Balaban J connectivity index is 2.53. The summed E-state index contributed by atoms with van der Waals surface area (Å²) in [6.07, 6.45) is 2.62. The van der Waals surface area contributed by atoms with Crippen LogP contribution in [-0.4, -0.2) is 23.3 Å². The highest BCUT2D eigenvalue weighted by Crippen LogP contribution is 2.22. The number of carbonyl (C=O) groups excluding carboxylic acids is 2. The summed E-state index contributed by atoms with van der Waals surface area (Å²) >= 11 is 0. The summed E-state index contributed by atoms with van der Waals surface area (Å²) in [5.74, 6) is -0.516. The standard InChI is InChI=1S/C8H7NO3/c1-2-9-7(10)5-3-12-4-6(5)8(9)11/h3-4H,2H2,1H3. The monoisotopic (exact) mass is 165 g/mol. The lowest BCUT2D eigenvalue weighted by molar-refractivity contribution is 0.0660. The first-order valence-electron chi connectivity index (χ1n) is 3.68. The van der Waals surface area contributed by atoms with E-state index < -0.39 is 0 Å². The maximum atomic E-state index is 11.3. The topological polar surface area (TPSA) is 50.5 Å². The van der Waals surface area contributed by atoms with Crippen molar-refractivity contribution in [2.45, 2.75) is 6.92 Å². The van der Waals surface area contributed by atoms with Crippen LogP contribution in [-0.2, 0) is 0 Å². The molecule has 0 saturated heterocycles. The van der Waals surface area contributed by atoms with Gasteiger partial charge in [0, 0.05) is 6.54 Å². The number of carbonyl (C=O) groups is 2. The number of amides is 2. The predicted octanol–water partition coefficient (Wildman–Crippen LogP) is 0.895. The smallest absolute Gasteiger partial charge is 0.264 e. The lowest BCUT2D eigenvalue weighted by Crippen LogP contribution is -2.29. The molecule has 1 aromatic heterocycles. The second-order valence-electron chi connectivity index (χ2n) is 2.55. The van der Waals surface area contributed by atoms with Crippen LogP contribution in [0.5, 0.6) is 0 Å². The molecule has 0 bridgehead atoms. The highest BCUT2D eigenvalue weighted by atomic mass is 16.3. The average molecular weight is 165 g/mol. The van der Waals surface area contributed by atoms with Crippen molar-refractivity contribution in [1.29, 1.82) is 0 Å². The van der Waals surface area contributed by atoms with E-state index in [1.165, 1.54) is 17.4 Å². The molecule has 62 valence electrons. The molecule has 0 unspecified atom stereocenters. The van der Waals surface area contributed by atoms with Crippen LogP contribution >= 0.6 is 0 Å². The van der Waals surface area contributed by atoms with Crippen molar-refractivity contribution >= 4 is 11.8 Å². The molecule has 1 aliphatic rings. The van der Waals surface area contributed by atoms with Crippen molar-refractivity contribution in [3.05, 3.63) is 23.7 Å². The molecule has 0 N–H and O–H groups in total. The van der Waals surface area contributed by atoms with Crippen molar-refractivity contribution in [2.24, 2.45) is 0 Å². The molecule has 0 aliphatic carbocycles. The van der Waals surface area contributed by atoms with Gasteiger partial charge >= 0.3 is 0 Å². The molecular formula is C8H7NO3. The van der Waals surface area contributed by atoms with Gasteiger partial charge in [0.25, 0.3) is 11.8 Å². The predicted molar refractivity (Wildman–Crippen MR) is 39.7 cm³/mol. The summed E-state index contributed by atoms with van der Waals surface area (Å²) in [5, 5.41) is 0. The summed E-state index contributed by atoms with van der Waals surface area (Å²) < 4.78 is 4.75. The first-order valence-corrected chi connectivity index (χ1v) is 3.68. The lowest BCUT2D eigenvalue weighted by Gasteiger charge is -2.08. The van der Waals surface area contributed by atoms with Crippen LogP contribution in [0.25, 0.3) is 0 Å². The third-order valence-corrected chi connectivity index (χ3v) is 1.93. The maximum absolute atomic E-state index is 11.3. The average Bonchev–Trinajstić information content (AvgIpc) is 2.58. The Hall–Kier alpha value is -1.58. The first-order chi connectivity index (χ1) is 5.75. The zero-order valence-corrected chi connectivity index (χ0v) is 6.53. The molecular weight excluding hydrogens is 158 g/mol. The number of nitrogens with zero attached hydrogens (tertiary/aromatic N) is 1. The van der Waals surface area contributed by atoms with Crippen LogP contribution in [0, 0.1) is 0 Å². The number of fused-ring (bicyclic) bond motifs is 1. The van der Waals surface area contributed by atoms with E-state index in [1.54, 1.807) is 6.92 Å². The van der Waals surface area contributed by atoms with E-state index in [0.717, 1.165) is 0 Å². The van der Waals surface area contributed by atoms with Crippen molar-refractivity contribution in [3.8, 4) is 0 Å². The van der Waals surface area contributed by atoms with E-state index >= 15 is 0 Å². The molecule has 12 heavy (non-hydrogen) atoms. The van der Waals surface area contributed by atoms with Crippen LogP contribution < -0.4 is 0 Å². The highest BCUT2D eigenvalue weighted by molar-refractivity contribution is 6.21. The quantitative estimate of drug-likeness (QED) is 0.581. The van der Waals surface area contributed by atoms with Gasteiger partial charge < -0.3 is 4.42 Å². The van der Waals surface area contributed by atoms with E-state index in [4.69, 9.17) is 4.42 Å². The molecule has 0 fully saturated rings. The molecule has 0 spiro atoms. The third-order valence-electron chi connectivity index (χ3n) is 1.93. The Labute approximate surface area is 68.8 Å². The number of imide groups is 1. The van der Waals surface area contributed by atoms with Gasteiger partial charge in [0.2, 0.25) is 0 Å². The Kier molecular flexibility index (Phi) is 1.30. The fourth-order valence-electron chi connectivity index (χ4n) is 1.30. The normalized spacial score (nSPS) is 15.6. The molecule has 1 aliphatic heterocycles. The van der Waals surface area contributed by atoms with Crippen LogP contribution in [0.3, 0.4) is 0 Å². The summed E-state index contributed by atoms with van der Waals surface area (Å²) in [5.41, 5.74) is 0.753. The Morgan fingerprint density at radius 2 is 1.75 bits per heavy atom. The molecule has 1 aromatic rings. The van der Waals surface area contributed by atoms with E-state index in [1.807, 2.05) is 0 Å². The number of hydrogen-bond donors (Lipinski definition) is 0. The molecule has 0 radical (unpaired) electrons. The van der Waals surface area contributed by atoms with Crippen LogP contribution in [0.15, 0.2) is 16.9 Å². The van der Waals surface area contributed by atoms with Crippen molar-refractivity contribution in [1.82, 2.24) is 4.90 Å². The molecule has 4 heteroatoms. The molecule has 0 saturated carbocycles. The molecule has 2 rings (SSSR count). The Morgan fingerprint density at radius 1 is 1.25 bits per heavy atom. The van der Waals surface area contributed by atoms with Crippen molar-refractivity contribution in [3.63, 3.8) is 0 Å². The minimum atomic E-state index is -0.258. The van der Waals surface area contributed by atoms with E-state index in [0.29, 0.717) is 17.7 Å². The van der Waals surface area contributed by atoms with Crippen LogP contribution in [0.2, 0.25) is 0 Å². The summed E-state index contributed by atoms with van der Waals surface area (Å²) in [4.78, 5) is 23.9. The van der Waals surface area contributed by atoms with Gasteiger partial charge in [0.15, 0.2) is 0 Å². The summed E-state index contributed by atoms with van der Waals surface area (Å²) in [7, 11) is 0. The van der Waals surface area contributed by atoms with Gasteiger partial charge in [-0.1, -0.05) is 0 Å². The fraction of sp³-hybridized carbons (Fsp3) is 0.250. The van der Waals surface area contributed by atoms with Crippen molar-refractivity contribution in [2.75, 3.05) is 6.54 Å². The van der Waals surface area contributed by atoms with Gasteiger partial charge in [0.1, 0.15) is 12.5 Å².